The fourth-order valence-electron chi connectivity index (χ4n) is 3.62. The minimum absolute atomic E-state index is 0.478. The molecule has 1 saturated heterocycles. The number of hydrogen-bond acceptors (Lipinski definition) is 4. The van der Waals surface area contributed by atoms with Crippen LogP contribution in [-0.4, -0.2) is 30.4 Å². The second-order valence-electron chi connectivity index (χ2n) is 6.01. The minimum Gasteiger partial charge on any atom is -0.748 e. The first-order valence-corrected chi connectivity index (χ1v) is 9.10. The zero-order chi connectivity index (χ0) is 13.8. The molecule has 4 nitrogen and oxygen atoms in total. The molecule has 0 aromatic carbocycles. The maximum Gasteiger partial charge on any atom is 0.100 e. The van der Waals surface area contributed by atoms with Crippen molar-refractivity contribution in [2.45, 2.75) is 81.5 Å². The summed E-state index contributed by atoms with van der Waals surface area (Å²) in [6.07, 6.45) is 10.1. The van der Waals surface area contributed by atoms with Gasteiger partial charge >= 0.3 is 0 Å². The highest BCUT2D eigenvalue weighted by molar-refractivity contribution is 7.86. The Morgan fingerprint density at radius 3 is 2.16 bits per heavy atom. The molecule has 1 aliphatic carbocycles. The van der Waals surface area contributed by atoms with Crippen molar-refractivity contribution in [1.82, 2.24) is 0 Å². The Bertz CT molecular complexity index is 371. The van der Waals surface area contributed by atoms with Crippen LogP contribution < -0.4 is 0 Å². The predicted molar refractivity (Wildman–Crippen MR) is 73.0 cm³/mol. The van der Waals surface area contributed by atoms with E-state index in [2.05, 4.69) is 0 Å². The van der Waals surface area contributed by atoms with Crippen molar-refractivity contribution in [3.63, 3.8) is 0 Å². The molecule has 5 heteroatoms. The van der Waals surface area contributed by atoms with Gasteiger partial charge in [0.15, 0.2) is 0 Å². The van der Waals surface area contributed by atoms with Gasteiger partial charge in [0.1, 0.15) is 10.1 Å². The van der Waals surface area contributed by atoms with E-state index in [1.54, 1.807) is 0 Å². The molecule has 0 amide bonds. The Labute approximate surface area is 116 Å². The molecule has 0 aromatic rings. The SMILES string of the molecule is O=S(=O)([O-])C1CCCCCCCOC12CCCCC2. The first kappa shape index (κ1) is 15.3. The Balaban J connectivity index is 2.22. The molecule has 2 fully saturated rings. The molecule has 0 aromatic heterocycles. The maximum absolute atomic E-state index is 11.7. The van der Waals surface area contributed by atoms with E-state index < -0.39 is 21.0 Å². The van der Waals surface area contributed by atoms with Crippen LogP contribution in [0.5, 0.6) is 0 Å². The van der Waals surface area contributed by atoms with Crippen molar-refractivity contribution in [1.29, 1.82) is 0 Å². The average Bonchev–Trinajstić information content (AvgIpc) is 2.37. The van der Waals surface area contributed by atoms with Crippen molar-refractivity contribution in [2.24, 2.45) is 0 Å². The minimum atomic E-state index is -4.28. The van der Waals surface area contributed by atoms with Crippen molar-refractivity contribution >= 4 is 10.1 Å². The topological polar surface area (TPSA) is 66.4 Å². The molecule has 1 aliphatic heterocycles. The van der Waals surface area contributed by atoms with Gasteiger partial charge in [-0.2, -0.15) is 0 Å². The molecule has 1 saturated carbocycles. The lowest BCUT2D eigenvalue weighted by molar-refractivity contribution is -0.0776. The van der Waals surface area contributed by atoms with Crippen LogP contribution >= 0.6 is 0 Å². The summed E-state index contributed by atoms with van der Waals surface area (Å²) < 4.78 is 41.1. The standard InChI is InChI=1S/C14H26O4S/c15-19(16,17)13-9-5-2-1-3-8-12-18-14(13)10-6-4-7-11-14/h13H,1-12H2,(H,15,16,17)/p-1. The van der Waals surface area contributed by atoms with Gasteiger partial charge in [0, 0.05) is 6.61 Å². The molecule has 1 heterocycles. The molecule has 2 aliphatic rings. The van der Waals surface area contributed by atoms with Gasteiger partial charge in [-0.1, -0.05) is 44.9 Å². The van der Waals surface area contributed by atoms with E-state index in [-0.39, 0.29) is 0 Å². The second kappa shape index (κ2) is 6.55. The smallest absolute Gasteiger partial charge is 0.100 e. The third kappa shape index (κ3) is 3.92. The Morgan fingerprint density at radius 1 is 0.895 bits per heavy atom. The summed E-state index contributed by atoms with van der Waals surface area (Å²) in [5.74, 6) is 0. The van der Waals surface area contributed by atoms with Crippen LogP contribution in [0.4, 0.5) is 0 Å². The highest BCUT2D eigenvalue weighted by Gasteiger charge is 2.44. The van der Waals surface area contributed by atoms with Gasteiger partial charge in [0.25, 0.3) is 0 Å². The van der Waals surface area contributed by atoms with Gasteiger partial charge in [-0.15, -0.1) is 0 Å². The summed E-state index contributed by atoms with van der Waals surface area (Å²) in [5, 5.41) is -0.835. The van der Waals surface area contributed by atoms with Crippen LogP contribution in [0.15, 0.2) is 0 Å². The summed E-state index contributed by atoms with van der Waals surface area (Å²) in [4.78, 5) is 0. The molecule has 19 heavy (non-hydrogen) atoms. The normalized spacial score (nSPS) is 30.1. The van der Waals surface area contributed by atoms with E-state index in [4.69, 9.17) is 4.74 Å². The Hall–Kier alpha value is -0.130. The van der Waals surface area contributed by atoms with Crippen LogP contribution in [-0.2, 0) is 14.9 Å². The second-order valence-corrected chi connectivity index (χ2v) is 7.57. The lowest BCUT2D eigenvalue weighted by Gasteiger charge is -2.44. The van der Waals surface area contributed by atoms with Crippen LogP contribution in [0.2, 0.25) is 0 Å². The summed E-state index contributed by atoms with van der Waals surface area (Å²) in [5.41, 5.74) is -0.684. The van der Waals surface area contributed by atoms with Crippen molar-refractivity contribution in [3.05, 3.63) is 0 Å². The molecule has 1 atom stereocenters. The largest absolute Gasteiger partial charge is 0.748 e. The van der Waals surface area contributed by atoms with Crippen molar-refractivity contribution < 1.29 is 17.7 Å². The highest BCUT2D eigenvalue weighted by Crippen LogP contribution is 2.40. The number of rotatable bonds is 1. The summed E-state index contributed by atoms with van der Waals surface area (Å²) >= 11 is 0. The van der Waals surface area contributed by atoms with Gasteiger partial charge in [-0.05, 0) is 25.7 Å². The van der Waals surface area contributed by atoms with E-state index in [1.165, 1.54) is 0 Å². The van der Waals surface area contributed by atoms with Gasteiger partial charge in [-0.3, -0.25) is 0 Å². The van der Waals surface area contributed by atoms with Crippen molar-refractivity contribution in [3.8, 4) is 0 Å². The first-order valence-electron chi connectivity index (χ1n) is 7.63. The van der Waals surface area contributed by atoms with Crippen LogP contribution in [0.25, 0.3) is 0 Å². The summed E-state index contributed by atoms with van der Waals surface area (Å²) in [7, 11) is -4.28. The van der Waals surface area contributed by atoms with Crippen molar-refractivity contribution in [2.75, 3.05) is 6.61 Å². The fourth-order valence-corrected chi connectivity index (χ4v) is 4.90. The number of hydrogen-bond donors (Lipinski definition) is 0. The molecular weight excluding hydrogens is 264 g/mol. The van der Waals surface area contributed by atoms with Gasteiger partial charge in [0.05, 0.1) is 10.9 Å². The van der Waals surface area contributed by atoms with Crippen LogP contribution in [0, 0.1) is 0 Å². The van der Waals surface area contributed by atoms with Gasteiger partial charge in [0.2, 0.25) is 0 Å². The molecule has 0 radical (unpaired) electrons. The molecule has 0 N–H and O–H groups in total. The predicted octanol–water partition coefficient (Wildman–Crippen LogP) is 2.97. The quantitative estimate of drug-likeness (QED) is 0.696. The lowest BCUT2D eigenvalue weighted by Crippen LogP contribution is -2.50. The van der Waals surface area contributed by atoms with E-state index in [9.17, 15) is 13.0 Å². The van der Waals surface area contributed by atoms with Crippen LogP contribution in [0.3, 0.4) is 0 Å². The lowest BCUT2D eigenvalue weighted by atomic mass is 9.80. The van der Waals surface area contributed by atoms with E-state index >= 15 is 0 Å². The number of ether oxygens (including phenoxy) is 1. The Morgan fingerprint density at radius 2 is 1.47 bits per heavy atom. The Kier molecular flexibility index (Phi) is 5.26. The van der Waals surface area contributed by atoms with E-state index in [1.807, 2.05) is 0 Å². The zero-order valence-electron chi connectivity index (χ0n) is 11.6. The molecule has 1 unspecified atom stereocenters. The summed E-state index contributed by atoms with van der Waals surface area (Å²) in [6, 6.07) is 0. The molecule has 2 rings (SSSR count). The van der Waals surface area contributed by atoms with E-state index in [0.29, 0.717) is 13.0 Å². The maximum atomic E-state index is 11.7. The van der Waals surface area contributed by atoms with Crippen LogP contribution in [0.1, 0.15) is 70.6 Å². The van der Waals surface area contributed by atoms with E-state index in [0.717, 1.165) is 64.2 Å². The van der Waals surface area contributed by atoms with Gasteiger partial charge < -0.3 is 9.29 Å². The molecule has 0 bridgehead atoms. The average molecular weight is 289 g/mol. The highest BCUT2D eigenvalue weighted by atomic mass is 32.2. The third-order valence-corrected chi connectivity index (χ3v) is 6.00. The summed E-state index contributed by atoms with van der Waals surface area (Å²) in [6.45, 7) is 0.603. The molecule has 1 spiro atoms. The van der Waals surface area contributed by atoms with Gasteiger partial charge in [-0.25, -0.2) is 8.42 Å². The fraction of sp³-hybridized carbons (Fsp3) is 1.00. The first-order chi connectivity index (χ1) is 9.05. The monoisotopic (exact) mass is 289 g/mol. The molecule has 112 valence electrons. The zero-order valence-corrected chi connectivity index (χ0v) is 12.4. The molecular formula is C14H25O4S-. The third-order valence-electron chi connectivity index (χ3n) is 4.64.